The maximum Gasteiger partial charge on any atom is 0.231 e. The first kappa shape index (κ1) is 19.3. The van der Waals surface area contributed by atoms with E-state index in [1.165, 1.54) is 0 Å². The minimum Gasteiger partial charge on any atom is -0.385 e. The molecule has 4 N–H and O–H groups in total. The lowest BCUT2D eigenvalue weighted by atomic mass is 9.91. The van der Waals surface area contributed by atoms with Gasteiger partial charge >= 0.3 is 0 Å². The van der Waals surface area contributed by atoms with Gasteiger partial charge in [0, 0.05) is 24.9 Å². The van der Waals surface area contributed by atoms with E-state index in [0.717, 1.165) is 79.9 Å². The standard InChI is InChI=1S/C22H28N6O2/c1-14-12-15(22(29)8-2-3-9-22)4-5-17(14)26-21-27-19-18(23-13-24-19)20(28-21)25-16-6-10-30-11-7-16/h4-5,12-13,16,29H,2-3,6-11H2,1H3,(H3,23,24,25,26,27,28). The molecule has 8 nitrogen and oxygen atoms in total. The van der Waals surface area contributed by atoms with E-state index in [4.69, 9.17) is 9.72 Å². The molecule has 0 unspecified atom stereocenters. The summed E-state index contributed by atoms with van der Waals surface area (Å²) in [6, 6.07) is 6.40. The number of aromatic nitrogens is 4. The van der Waals surface area contributed by atoms with Crippen LogP contribution in [0.5, 0.6) is 0 Å². The predicted octanol–water partition coefficient (Wildman–Crippen LogP) is 3.76. The highest BCUT2D eigenvalue weighted by molar-refractivity contribution is 5.84. The summed E-state index contributed by atoms with van der Waals surface area (Å²) in [5, 5.41) is 17.7. The Morgan fingerprint density at radius 1 is 1.17 bits per heavy atom. The normalized spacial score (nSPS) is 19.3. The molecule has 30 heavy (non-hydrogen) atoms. The number of nitrogens with one attached hydrogen (secondary N) is 3. The first-order valence-electron chi connectivity index (χ1n) is 10.8. The SMILES string of the molecule is Cc1cc(C2(O)CCCC2)ccc1Nc1nc(NC2CCOCC2)c2nc[nH]c2n1. The molecule has 1 aliphatic heterocycles. The lowest BCUT2D eigenvalue weighted by Gasteiger charge is -2.24. The number of hydrogen-bond acceptors (Lipinski definition) is 7. The molecule has 0 amide bonds. The zero-order valence-corrected chi connectivity index (χ0v) is 17.2. The fourth-order valence-corrected chi connectivity index (χ4v) is 4.49. The molecule has 1 aliphatic carbocycles. The van der Waals surface area contributed by atoms with E-state index in [1.807, 2.05) is 19.1 Å². The number of aryl methyl sites for hydroxylation is 1. The number of rotatable bonds is 5. The molecule has 1 saturated carbocycles. The van der Waals surface area contributed by atoms with Gasteiger partial charge in [-0.05, 0) is 49.8 Å². The molecule has 5 rings (SSSR count). The number of aliphatic hydroxyl groups is 1. The molecule has 2 aromatic heterocycles. The lowest BCUT2D eigenvalue weighted by molar-refractivity contribution is 0.0444. The van der Waals surface area contributed by atoms with E-state index in [9.17, 15) is 5.11 Å². The van der Waals surface area contributed by atoms with Gasteiger partial charge in [0.25, 0.3) is 0 Å². The van der Waals surface area contributed by atoms with Gasteiger partial charge in [-0.25, -0.2) is 4.98 Å². The van der Waals surface area contributed by atoms with Crippen LogP contribution < -0.4 is 10.6 Å². The number of anilines is 3. The third-order valence-corrected chi connectivity index (χ3v) is 6.28. The Labute approximate surface area is 175 Å². The molecule has 8 heteroatoms. The van der Waals surface area contributed by atoms with Crippen molar-refractivity contribution in [1.82, 2.24) is 19.9 Å². The number of aromatic amines is 1. The van der Waals surface area contributed by atoms with Crippen LogP contribution in [-0.4, -0.2) is 44.3 Å². The quantitative estimate of drug-likeness (QED) is 0.509. The van der Waals surface area contributed by atoms with Crippen molar-refractivity contribution in [3.05, 3.63) is 35.7 Å². The third kappa shape index (κ3) is 3.73. The highest BCUT2D eigenvalue weighted by Crippen LogP contribution is 2.39. The highest BCUT2D eigenvalue weighted by atomic mass is 16.5. The van der Waals surface area contributed by atoms with Gasteiger partial charge in [-0.1, -0.05) is 25.0 Å². The zero-order chi connectivity index (χ0) is 20.6. The maximum atomic E-state index is 10.9. The molecule has 0 bridgehead atoms. The van der Waals surface area contributed by atoms with Crippen LogP contribution in [0, 0.1) is 6.92 Å². The Kier molecular flexibility index (Phi) is 5.04. The summed E-state index contributed by atoms with van der Waals surface area (Å²) in [5.74, 6) is 1.24. The largest absolute Gasteiger partial charge is 0.385 e. The minimum absolute atomic E-state index is 0.314. The van der Waals surface area contributed by atoms with Gasteiger partial charge in [-0.15, -0.1) is 0 Å². The van der Waals surface area contributed by atoms with Crippen LogP contribution in [0.4, 0.5) is 17.5 Å². The predicted molar refractivity (Wildman–Crippen MR) is 116 cm³/mol. The number of hydrogen-bond donors (Lipinski definition) is 4. The molecule has 0 spiro atoms. The fourth-order valence-electron chi connectivity index (χ4n) is 4.49. The van der Waals surface area contributed by atoms with Crippen molar-refractivity contribution in [2.45, 2.75) is 57.1 Å². The lowest BCUT2D eigenvalue weighted by Crippen LogP contribution is -2.28. The van der Waals surface area contributed by atoms with Crippen molar-refractivity contribution in [2.24, 2.45) is 0 Å². The van der Waals surface area contributed by atoms with Crippen molar-refractivity contribution in [1.29, 1.82) is 0 Å². The topological polar surface area (TPSA) is 108 Å². The van der Waals surface area contributed by atoms with Crippen LogP contribution in [0.15, 0.2) is 24.5 Å². The maximum absolute atomic E-state index is 10.9. The Hall–Kier alpha value is -2.71. The van der Waals surface area contributed by atoms with E-state index < -0.39 is 5.60 Å². The number of nitrogens with zero attached hydrogens (tertiary/aromatic N) is 3. The molecular formula is C22H28N6O2. The van der Waals surface area contributed by atoms with Gasteiger partial charge in [-0.3, -0.25) is 0 Å². The number of fused-ring (bicyclic) bond motifs is 1. The van der Waals surface area contributed by atoms with Crippen LogP contribution in [0.25, 0.3) is 11.2 Å². The van der Waals surface area contributed by atoms with Crippen molar-refractivity contribution in [2.75, 3.05) is 23.8 Å². The van der Waals surface area contributed by atoms with E-state index in [2.05, 4.69) is 31.7 Å². The summed E-state index contributed by atoms with van der Waals surface area (Å²) in [6.45, 7) is 3.56. The average molecular weight is 409 g/mol. The number of H-pyrrole nitrogens is 1. The van der Waals surface area contributed by atoms with Crippen LogP contribution in [0.2, 0.25) is 0 Å². The summed E-state index contributed by atoms with van der Waals surface area (Å²) >= 11 is 0. The summed E-state index contributed by atoms with van der Waals surface area (Å²) in [5.41, 5.74) is 3.72. The van der Waals surface area contributed by atoms with Gasteiger partial charge in [-0.2, -0.15) is 9.97 Å². The summed E-state index contributed by atoms with van der Waals surface area (Å²) < 4.78 is 5.45. The molecule has 0 atom stereocenters. The highest BCUT2D eigenvalue weighted by Gasteiger charge is 2.33. The summed E-state index contributed by atoms with van der Waals surface area (Å²) in [7, 11) is 0. The van der Waals surface area contributed by atoms with Crippen LogP contribution in [-0.2, 0) is 10.3 Å². The van der Waals surface area contributed by atoms with E-state index in [0.29, 0.717) is 17.6 Å². The van der Waals surface area contributed by atoms with Crippen molar-refractivity contribution in [3.63, 3.8) is 0 Å². The molecule has 3 heterocycles. The van der Waals surface area contributed by atoms with Crippen LogP contribution in [0.3, 0.4) is 0 Å². The van der Waals surface area contributed by atoms with Crippen LogP contribution >= 0.6 is 0 Å². The number of ether oxygens (including phenoxy) is 1. The third-order valence-electron chi connectivity index (χ3n) is 6.28. The Morgan fingerprint density at radius 2 is 1.97 bits per heavy atom. The molecule has 1 saturated heterocycles. The molecular weight excluding hydrogens is 380 g/mol. The van der Waals surface area contributed by atoms with Gasteiger partial charge in [0.15, 0.2) is 11.5 Å². The second-order valence-electron chi connectivity index (χ2n) is 8.42. The minimum atomic E-state index is -0.685. The smallest absolute Gasteiger partial charge is 0.231 e. The van der Waals surface area contributed by atoms with E-state index in [-0.39, 0.29) is 0 Å². The monoisotopic (exact) mass is 408 g/mol. The van der Waals surface area contributed by atoms with Crippen molar-refractivity contribution in [3.8, 4) is 0 Å². The zero-order valence-electron chi connectivity index (χ0n) is 17.2. The van der Waals surface area contributed by atoms with Crippen molar-refractivity contribution < 1.29 is 9.84 Å². The van der Waals surface area contributed by atoms with E-state index >= 15 is 0 Å². The average Bonchev–Trinajstić information content (AvgIpc) is 3.40. The van der Waals surface area contributed by atoms with Gasteiger partial charge in [0.1, 0.15) is 5.52 Å². The number of benzene rings is 1. The molecule has 2 fully saturated rings. The summed E-state index contributed by atoms with van der Waals surface area (Å²) in [6.07, 6.45) is 7.36. The Morgan fingerprint density at radius 3 is 2.73 bits per heavy atom. The van der Waals surface area contributed by atoms with Crippen LogP contribution in [0.1, 0.15) is 49.7 Å². The fraction of sp³-hybridized carbons (Fsp3) is 0.500. The first-order valence-corrected chi connectivity index (χ1v) is 10.8. The molecule has 0 radical (unpaired) electrons. The molecule has 158 valence electrons. The number of imidazole rings is 1. The molecule has 3 aromatic rings. The molecule has 1 aromatic carbocycles. The van der Waals surface area contributed by atoms with Gasteiger partial charge in [0.2, 0.25) is 5.95 Å². The Bertz CT molecular complexity index is 1040. The Balaban J connectivity index is 1.41. The molecule has 2 aliphatic rings. The van der Waals surface area contributed by atoms with Gasteiger partial charge in [0.05, 0.1) is 11.9 Å². The first-order chi connectivity index (χ1) is 14.6. The van der Waals surface area contributed by atoms with Gasteiger partial charge < -0.3 is 25.5 Å². The van der Waals surface area contributed by atoms with E-state index in [1.54, 1.807) is 6.33 Å². The second-order valence-corrected chi connectivity index (χ2v) is 8.42. The van der Waals surface area contributed by atoms with Crippen molar-refractivity contribution >= 4 is 28.6 Å². The summed E-state index contributed by atoms with van der Waals surface area (Å²) in [4.78, 5) is 16.8. The second kappa shape index (κ2) is 7.85.